The van der Waals surface area contributed by atoms with Gasteiger partial charge in [0.1, 0.15) is 0 Å². The lowest BCUT2D eigenvalue weighted by Gasteiger charge is -2.37. The molecule has 3 amide bonds. The summed E-state index contributed by atoms with van der Waals surface area (Å²) < 4.78 is 4.84. The number of aryl methyl sites for hydroxylation is 1. The first-order valence-corrected chi connectivity index (χ1v) is 10.7. The van der Waals surface area contributed by atoms with Gasteiger partial charge in [0.05, 0.1) is 19.0 Å². The maximum absolute atomic E-state index is 12.3. The first-order valence-electron chi connectivity index (χ1n) is 10.7. The third-order valence-corrected chi connectivity index (χ3v) is 6.13. The smallest absolute Gasteiger partial charge is 0.409 e. The molecule has 2 aliphatic rings. The van der Waals surface area contributed by atoms with E-state index in [-0.39, 0.29) is 12.1 Å². The topological polar surface area (TPSA) is 86.8 Å². The fraction of sp³-hybridized carbons (Fsp3) is 0.435. The lowest BCUT2D eigenvalue weighted by molar-refractivity contribution is 0.0746. The molecule has 1 aromatic heterocycles. The van der Waals surface area contributed by atoms with Crippen molar-refractivity contribution >= 4 is 17.8 Å². The molecular weight excluding hydrogens is 394 g/mol. The molecule has 1 fully saturated rings. The minimum atomic E-state index is -0.250. The number of fused-ring (bicyclic) bond motifs is 1. The maximum Gasteiger partial charge on any atom is 0.409 e. The first kappa shape index (κ1) is 21.1. The Hall–Kier alpha value is -3.13. The maximum atomic E-state index is 12.3. The van der Waals surface area contributed by atoms with E-state index in [4.69, 9.17) is 4.74 Å². The van der Waals surface area contributed by atoms with Gasteiger partial charge in [-0.05, 0) is 48.6 Å². The molecule has 8 nitrogen and oxygen atoms in total. The summed E-state index contributed by atoms with van der Waals surface area (Å²) >= 11 is 0. The number of hydrogen-bond acceptors (Lipinski definition) is 5. The average molecular weight is 424 g/mol. The average Bonchev–Trinajstić information content (AvgIpc) is 3.23. The fourth-order valence-electron chi connectivity index (χ4n) is 4.49. The normalized spacial score (nSPS) is 18.4. The number of carbonyl (C=O) groups excluding carboxylic acids is 2. The van der Waals surface area contributed by atoms with Crippen molar-refractivity contribution in [2.45, 2.75) is 32.4 Å². The van der Waals surface area contributed by atoms with E-state index < -0.39 is 0 Å². The molecule has 1 unspecified atom stereocenters. The van der Waals surface area contributed by atoms with Crippen molar-refractivity contribution in [3.8, 4) is 0 Å². The zero-order valence-electron chi connectivity index (χ0n) is 18.1. The molecule has 0 saturated carbocycles. The molecule has 1 aromatic carbocycles. The van der Waals surface area contributed by atoms with Gasteiger partial charge in [-0.1, -0.05) is 18.2 Å². The number of methoxy groups -OCH3 is 1. The number of nitrogens with one attached hydrogen (secondary N) is 2. The van der Waals surface area contributed by atoms with E-state index in [1.807, 2.05) is 19.1 Å². The van der Waals surface area contributed by atoms with Gasteiger partial charge < -0.3 is 20.3 Å². The molecule has 8 heteroatoms. The minimum absolute atomic E-state index is 0.239. The van der Waals surface area contributed by atoms with Gasteiger partial charge in [0, 0.05) is 44.5 Å². The Morgan fingerprint density at radius 3 is 2.68 bits per heavy atom. The van der Waals surface area contributed by atoms with Crippen LogP contribution in [0.1, 0.15) is 34.8 Å². The molecule has 0 radical (unpaired) electrons. The number of nitrogens with zero attached hydrogens (tertiary/aromatic N) is 3. The number of ether oxygens (including phenoxy) is 1. The van der Waals surface area contributed by atoms with Crippen molar-refractivity contribution < 1.29 is 14.3 Å². The van der Waals surface area contributed by atoms with Crippen molar-refractivity contribution in [2.75, 3.05) is 38.6 Å². The molecule has 4 rings (SSSR count). The van der Waals surface area contributed by atoms with E-state index in [2.05, 4.69) is 38.7 Å². The number of benzene rings is 1. The Morgan fingerprint density at radius 2 is 1.97 bits per heavy atom. The number of hydrogen-bond donors (Lipinski definition) is 2. The first-order chi connectivity index (χ1) is 15.0. The van der Waals surface area contributed by atoms with Crippen LogP contribution in [0.25, 0.3) is 0 Å². The summed E-state index contributed by atoms with van der Waals surface area (Å²) in [5.41, 5.74) is 5.42. The van der Waals surface area contributed by atoms with Crippen LogP contribution in [0.2, 0.25) is 0 Å². The SMILES string of the molecule is COC(=O)N1CCN(C2CCc3c(CNC(=O)Nc4ccc(C)nc4)cccc32)CC1. The highest BCUT2D eigenvalue weighted by Gasteiger charge is 2.32. The number of carbonyl (C=O) groups is 2. The predicted molar refractivity (Wildman–Crippen MR) is 118 cm³/mol. The zero-order valence-corrected chi connectivity index (χ0v) is 18.1. The third-order valence-electron chi connectivity index (χ3n) is 6.13. The quantitative estimate of drug-likeness (QED) is 0.789. The Bertz CT molecular complexity index is 939. The Labute approximate surface area is 182 Å². The second-order valence-electron chi connectivity index (χ2n) is 8.03. The molecule has 1 aliphatic carbocycles. The molecular formula is C23H29N5O3. The standard InChI is InChI=1S/C23H29N5O3/c1-16-6-7-18(15-24-16)26-22(29)25-14-17-4-3-5-20-19(17)8-9-21(20)27-10-12-28(13-11-27)23(30)31-2/h3-7,15,21H,8-14H2,1-2H3,(H2,25,26,29). The number of urea groups is 1. The number of piperazine rings is 1. The highest BCUT2D eigenvalue weighted by Crippen LogP contribution is 2.37. The molecule has 31 heavy (non-hydrogen) atoms. The molecule has 2 heterocycles. The van der Waals surface area contributed by atoms with Gasteiger partial charge in [-0.25, -0.2) is 9.59 Å². The summed E-state index contributed by atoms with van der Waals surface area (Å²) in [4.78, 5) is 32.4. The Balaban J connectivity index is 1.36. The summed E-state index contributed by atoms with van der Waals surface area (Å²) in [6.07, 6.45) is 3.46. The van der Waals surface area contributed by atoms with Crippen LogP contribution in [0.3, 0.4) is 0 Å². The zero-order chi connectivity index (χ0) is 21.8. The minimum Gasteiger partial charge on any atom is -0.453 e. The van der Waals surface area contributed by atoms with Gasteiger partial charge in [0.15, 0.2) is 0 Å². The van der Waals surface area contributed by atoms with E-state index >= 15 is 0 Å². The van der Waals surface area contributed by atoms with Crippen LogP contribution in [0.5, 0.6) is 0 Å². The molecule has 1 aliphatic heterocycles. The number of rotatable bonds is 4. The van der Waals surface area contributed by atoms with Gasteiger partial charge in [-0.2, -0.15) is 0 Å². The molecule has 2 aromatic rings. The second kappa shape index (κ2) is 9.34. The number of anilines is 1. The lowest BCUT2D eigenvalue weighted by atomic mass is 10.0. The molecule has 0 bridgehead atoms. The summed E-state index contributed by atoms with van der Waals surface area (Å²) in [5, 5.41) is 5.78. The number of pyridine rings is 1. The van der Waals surface area contributed by atoms with Gasteiger partial charge in [0.2, 0.25) is 0 Å². The summed E-state index contributed by atoms with van der Waals surface area (Å²) in [7, 11) is 1.43. The summed E-state index contributed by atoms with van der Waals surface area (Å²) in [5.74, 6) is 0. The Kier molecular flexibility index (Phi) is 6.36. The van der Waals surface area contributed by atoms with E-state index in [0.717, 1.165) is 37.2 Å². The van der Waals surface area contributed by atoms with Crippen molar-refractivity contribution in [1.82, 2.24) is 20.1 Å². The summed E-state index contributed by atoms with van der Waals surface area (Å²) in [6, 6.07) is 10.2. The highest BCUT2D eigenvalue weighted by molar-refractivity contribution is 5.89. The molecule has 2 N–H and O–H groups in total. The van der Waals surface area contributed by atoms with Gasteiger partial charge in [-0.3, -0.25) is 9.88 Å². The van der Waals surface area contributed by atoms with Gasteiger partial charge >= 0.3 is 12.1 Å². The molecule has 1 atom stereocenters. The van der Waals surface area contributed by atoms with Crippen LogP contribution in [-0.4, -0.2) is 60.2 Å². The van der Waals surface area contributed by atoms with E-state index in [9.17, 15) is 9.59 Å². The van der Waals surface area contributed by atoms with Crippen molar-refractivity contribution in [3.05, 3.63) is 58.9 Å². The van der Waals surface area contributed by atoms with Crippen LogP contribution in [-0.2, 0) is 17.7 Å². The van der Waals surface area contributed by atoms with Crippen molar-refractivity contribution in [2.24, 2.45) is 0 Å². The van der Waals surface area contributed by atoms with E-state index in [1.165, 1.54) is 18.2 Å². The third kappa shape index (κ3) is 4.80. The molecule has 164 valence electrons. The Morgan fingerprint density at radius 1 is 1.16 bits per heavy atom. The van der Waals surface area contributed by atoms with Crippen LogP contribution in [0, 0.1) is 6.92 Å². The molecule has 0 spiro atoms. The van der Waals surface area contributed by atoms with Gasteiger partial charge in [-0.15, -0.1) is 0 Å². The van der Waals surface area contributed by atoms with Crippen LogP contribution in [0.15, 0.2) is 36.5 Å². The molecule has 1 saturated heterocycles. The van der Waals surface area contributed by atoms with Crippen molar-refractivity contribution in [1.29, 1.82) is 0 Å². The number of aromatic nitrogens is 1. The van der Waals surface area contributed by atoms with Crippen LogP contribution < -0.4 is 10.6 Å². The van der Waals surface area contributed by atoms with Crippen LogP contribution in [0.4, 0.5) is 15.3 Å². The monoisotopic (exact) mass is 423 g/mol. The van der Waals surface area contributed by atoms with Crippen LogP contribution >= 0.6 is 0 Å². The highest BCUT2D eigenvalue weighted by atomic mass is 16.5. The van der Waals surface area contributed by atoms with E-state index in [1.54, 1.807) is 11.1 Å². The summed E-state index contributed by atoms with van der Waals surface area (Å²) in [6.45, 7) is 5.45. The predicted octanol–water partition coefficient (Wildman–Crippen LogP) is 3.08. The number of amides is 3. The van der Waals surface area contributed by atoms with E-state index in [0.29, 0.717) is 31.4 Å². The fourth-order valence-corrected chi connectivity index (χ4v) is 4.49. The van der Waals surface area contributed by atoms with Gasteiger partial charge in [0.25, 0.3) is 0 Å². The lowest BCUT2D eigenvalue weighted by Crippen LogP contribution is -2.49. The second-order valence-corrected chi connectivity index (χ2v) is 8.03. The van der Waals surface area contributed by atoms with Crippen molar-refractivity contribution in [3.63, 3.8) is 0 Å². The largest absolute Gasteiger partial charge is 0.453 e.